The number of aromatic nitrogens is 2. The standard InChI is InChI=1S/C24H24Cl2N6O/c1-14-22(26)18(19(25)8-30-14)9-33-16-3-4-20(27)17(6-16)23(28)15-2-5-21(31-7-15)32-12-24(13-32)10-29-11-24/h2-8,28-29H,9-13,27H2,1H3. The fourth-order valence-corrected chi connectivity index (χ4v) is 4.70. The Morgan fingerprint density at radius 1 is 1.18 bits per heavy atom. The van der Waals surface area contributed by atoms with Crippen LogP contribution in [0.25, 0.3) is 0 Å². The molecule has 0 atom stereocenters. The van der Waals surface area contributed by atoms with Crippen molar-refractivity contribution in [2.75, 3.05) is 36.8 Å². The van der Waals surface area contributed by atoms with E-state index >= 15 is 0 Å². The number of hydrogen-bond donors (Lipinski definition) is 3. The molecule has 0 unspecified atom stereocenters. The highest BCUT2D eigenvalue weighted by Gasteiger charge is 2.47. The highest BCUT2D eigenvalue weighted by Crippen LogP contribution is 2.36. The van der Waals surface area contributed by atoms with Gasteiger partial charge in [0.25, 0.3) is 0 Å². The Balaban J connectivity index is 1.29. The Hall–Kier alpha value is -2.87. The molecule has 4 heterocycles. The maximum Gasteiger partial charge on any atom is 0.128 e. The number of nitrogens with zero attached hydrogens (tertiary/aromatic N) is 3. The predicted octanol–water partition coefficient (Wildman–Crippen LogP) is 4.08. The molecule has 2 aliphatic heterocycles. The van der Waals surface area contributed by atoms with E-state index in [0.29, 0.717) is 49.3 Å². The van der Waals surface area contributed by atoms with Gasteiger partial charge in [0.15, 0.2) is 0 Å². The van der Waals surface area contributed by atoms with E-state index < -0.39 is 0 Å². The van der Waals surface area contributed by atoms with Gasteiger partial charge in [-0.25, -0.2) is 4.98 Å². The van der Waals surface area contributed by atoms with Gasteiger partial charge in [-0.2, -0.15) is 0 Å². The fraction of sp³-hybridized carbons (Fsp3) is 0.292. The summed E-state index contributed by atoms with van der Waals surface area (Å²) in [5.74, 6) is 1.51. The first-order chi connectivity index (χ1) is 15.8. The molecule has 1 spiro atoms. The predicted molar refractivity (Wildman–Crippen MR) is 132 cm³/mol. The Labute approximate surface area is 202 Å². The molecule has 9 heteroatoms. The Morgan fingerprint density at radius 3 is 2.64 bits per heavy atom. The quantitative estimate of drug-likeness (QED) is 0.361. The lowest BCUT2D eigenvalue weighted by atomic mass is 9.74. The summed E-state index contributed by atoms with van der Waals surface area (Å²) in [5.41, 5.74) is 10.0. The van der Waals surface area contributed by atoms with E-state index in [4.69, 9.17) is 39.1 Å². The summed E-state index contributed by atoms with van der Waals surface area (Å²) >= 11 is 12.6. The number of rotatable bonds is 6. The van der Waals surface area contributed by atoms with Crippen molar-refractivity contribution in [2.45, 2.75) is 13.5 Å². The molecule has 3 aromatic rings. The number of pyridine rings is 2. The van der Waals surface area contributed by atoms with Crippen LogP contribution in [0, 0.1) is 17.7 Å². The van der Waals surface area contributed by atoms with Gasteiger partial charge in [0.2, 0.25) is 0 Å². The number of aryl methyl sites for hydroxylation is 1. The van der Waals surface area contributed by atoms with Crippen molar-refractivity contribution in [3.05, 3.63) is 75.2 Å². The molecule has 5 rings (SSSR count). The summed E-state index contributed by atoms with van der Waals surface area (Å²) in [6.07, 6.45) is 3.29. The molecular weight excluding hydrogens is 459 g/mol. The lowest BCUT2D eigenvalue weighted by Crippen LogP contribution is -2.71. The summed E-state index contributed by atoms with van der Waals surface area (Å²) in [7, 11) is 0. The van der Waals surface area contributed by atoms with Crippen molar-refractivity contribution >= 4 is 40.4 Å². The van der Waals surface area contributed by atoms with E-state index in [-0.39, 0.29) is 12.3 Å². The second-order valence-corrected chi connectivity index (χ2v) is 9.55. The molecule has 2 aromatic heterocycles. The van der Waals surface area contributed by atoms with Crippen LogP contribution in [-0.4, -0.2) is 41.9 Å². The van der Waals surface area contributed by atoms with E-state index in [0.717, 1.165) is 32.0 Å². The highest BCUT2D eigenvalue weighted by molar-refractivity contribution is 6.36. The van der Waals surface area contributed by atoms with Crippen LogP contribution < -0.4 is 20.7 Å². The molecule has 2 saturated heterocycles. The number of ether oxygens (including phenoxy) is 1. The first-order valence-corrected chi connectivity index (χ1v) is 11.4. The van der Waals surface area contributed by atoms with E-state index in [1.165, 1.54) is 0 Å². The largest absolute Gasteiger partial charge is 0.489 e. The van der Waals surface area contributed by atoms with Crippen molar-refractivity contribution in [2.24, 2.45) is 5.41 Å². The zero-order chi connectivity index (χ0) is 23.2. The molecule has 2 fully saturated rings. The van der Waals surface area contributed by atoms with Gasteiger partial charge in [-0.1, -0.05) is 23.2 Å². The van der Waals surface area contributed by atoms with Crippen LogP contribution in [-0.2, 0) is 6.61 Å². The Morgan fingerprint density at radius 2 is 1.97 bits per heavy atom. The van der Waals surface area contributed by atoms with E-state index in [9.17, 15) is 0 Å². The number of benzene rings is 1. The minimum absolute atomic E-state index is 0.181. The highest BCUT2D eigenvalue weighted by atomic mass is 35.5. The normalized spacial score (nSPS) is 16.3. The molecule has 1 aromatic carbocycles. The average molecular weight is 483 g/mol. The summed E-state index contributed by atoms with van der Waals surface area (Å²) in [5, 5.41) is 13.0. The third-order valence-electron chi connectivity index (χ3n) is 6.33. The zero-order valence-electron chi connectivity index (χ0n) is 18.2. The van der Waals surface area contributed by atoms with E-state index in [1.807, 2.05) is 19.1 Å². The Kier molecular flexibility index (Phi) is 5.64. The van der Waals surface area contributed by atoms with Crippen molar-refractivity contribution < 1.29 is 4.74 Å². The molecule has 0 saturated carbocycles. The van der Waals surface area contributed by atoms with Gasteiger partial charge in [0.1, 0.15) is 18.2 Å². The molecular formula is C24H24Cl2N6O. The summed E-state index contributed by atoms with van der Waals surface area (Å²) in [6.45, 7) is 6.23. The van der Waals surface area contributed by atoms with Gasteiger partial charge in [-0.3, -0.25) is 10.4 Å². The minimum Gasteiger partial charge on any atom is -0.489 e. The zero-order valence-corrected chi connectivity index (χ0v) is 19.7. The van der Waals surface area contributed by atoms with Crippen molar-refractivity contribution in [1.29, 1.82) is 5.41 Å². The minimum atomic E-state index is 0.181. The molecule has 0 amide bonds. The lowest BCUT2D eigenvalue weighted by Gasteiger charge is -2.56. The molecule has 170 valence electrons. The van der Waals surface area contributed by atoms with Crippen molar-refractivity contribution in [3.63, 3.8) is 0 Å². The van der Waals surface area contributed by atoms with Gasteiger partial charge in [-0.05, 0) is 37.3 Å². The van der Waals surface area contributed by atoms with Gasteiger partial charge in [0, 0.05) is 66.4 Å². The topological polar surface area (TPSA) is 100 Å². The maximum absolute atomic E-state index is 8.69. The number of halogens is 2. The molecule has 2 aliphatic rings. The smallest absolute Gasteiger partial charge is 0.128 e. The number of anilines is 2. The molecule has 0 aliphatic carbocycles. The van der Waals surface area contributed by atoms with Crippen LogP contribution in [0.3, 0.4) is 0 Å². The van der Waals surface area contributed by atoms with Crippen molar-refractivity contribution in [3.8, 4) is 5.75 Å². The van der Waals surface area contributed by atoms with Crippen LogP contribution in [0.5, 0.6) is 5.75 Å². The number of hydrogen-bond acceptors (Lipinski definition) is 7. The van der Waals surface area contributed by atoms with Gasteiger partial charge < -0.3 is 20.7 Å². The average Bonchev–Trinajstić information content (AvgIpc) is 2.75. The lowest BCUT2D eigenvalue weighted by molar-refractivity contribution is 0.120. The van der Waals surface area contributed by atoms with Crippen LogP contribution in [0.2, 0.25) is 10.0 Å². The second-order valence-electron chi connectivity index (χ2n) is 8.76. The third kappa shape index (κ3) is 4.12. The molecule has 7 nitrogen and oxygen atoms in total. The first kappa shape index (κ1) is 21.9. The second kappa shape index (κ2) is 8.48. The number of nitrogen functional groups attached to an aromatic ring is 1. The third-order valence-corrected chi connectivity index (χ3v) is 7.16. The van der Waals surface area contributed by atoms with Gasteiger partial charge in [0.05, 0.1) is 21.5 Å². The van der Waals surface area contributed by atoms with Crippen LogP contribution in [0.4, 0.5) is 11.5 Å². The van der Waals surface area contributed by atoms with Crippen LogP contribution in [0.1, 0.15) is 22.4 Å². The van der Waals surface area contributed by atoms with Crippen LogP contribution in [0.15, 0.2) is 42.7 Å². The molecule has 33 heavy (non-hydrogen) atoms. The SMILES string of the molecule is Cc1ncc(Cl)c(COc2ccc(N)c(C(=N)c3ccc(N4CC5(CNC5)C4)nc3)c2)c1Cl. The van der Waals surface area contributed by atoms with Gasteiger partial charge in [-0.15, -0.1) is 0 Å². The van der Waals surface area contributed by atoms with E-state index in [1.54, 1.807) is 30.6 Å². The summed E-state index contributed by atoms with van der Waals surface area (Å²) in [4.78, 5) is 11.0. The molecule has 0 bridgehead atoms. The maximum atomic E-state index is 8.69. The molecule has 4 N–H and O–H groups in total. The number of nitrogens with two attached hydrogens (primary N) is 1. The first-order valence-electron chi connectivity index (χ1n) is 10.7. The molecule has 0 radical (unpaired) electrons. The van der Waals surface area contributed by atoms with Crippen molar-refractivity contribution in [1.82, 2.24) is 15.3 Å². The van der Waals surface area contributed by atoms with Crippen LogP contribution >= 0.6 is 23.2 Å². The Bertz CT molecular complexity index is 1220. The summed E-state index contributed by atoms with van der Waals surface area (Å²) < 4.78 is 5.92. The van der Waals surface area contributed by atoms with E-state index in [2.05, 4.69) is 20.2 Å². The summed E-state index contributed by atoms with van der Waals surface area (Å²) in [6, 6.07) is 9.13. The van der Waals surface area contributed by atoms with Gasteiger partial charge >= 0.3 is 0 Å². The monoisotopic (exact) mass is 482 g/mol. The number of nitrogens with one attached hydrogen (secondary N) is 2. The fourth-order valence-electron chi connectivity index (χ4n) is 4.24.